The molecular weight excluding hydrogens is 541 g/mol. The second-order valence-corrected chi connectivity index (χ2v) is 10.2. The fraction of sp³-hybridized carbons (Fsp3) is 0.148. The van der Waals surface area contributed by atoms with Gasteiger partial charge in [-0.05, 0) is 17.2 Å². The highest BCUT2D eigenvalue weighted by Gasteiger charge is 2.38. The third-order valence-electron chi connectivity index (χ3n) is 5.71. The molecule has 3 aromatic carbocycles. The van der Waals surface area contributed by atoms with Crippen LogP contribution in [0.2, 0.25) is 0 Å². The summed E-state index contributed by atoms with van der Waals surface area (Å²) in [6.45, 7) is -0.327. The summed E-state index contributed by atoms with van der Waals surface area (Å²) in [6, 6.07) is 22.5. The summed E-state index contributed by atoms with van der Waals surface area (Å²) in [4.78, 5) is 20.4. The Morgan fingerprint density at radius 1 is 0.925 bits per heavy atom. The zero-order valence-corrected chi connectivity index (χ0v) is 22.0. The molecule has 1 fully saturated rings. The maximum Gasteiger partial charge on any atom is 0.326 e. The highest BCUT2D eigenvalue weighted by atomic mass is 32.2. The van der Waals surface area contributed by atoms with E-state index in [4.69, 9.17) is 14.2 Å². The fourth-order valence-corrected chi connectivity index (χ4v) is 5.05. The molecule has 4 aromatic rings. The number of benzene rings is 3. The number of carbonyl (C=O) groups is 1. The topological polar surface area (TPSA) is 132 Å². The van der Waals surface area contributed by atoms with Crippen molar-refractivity contribution in [3.63, 3.8) is 0 Å². The van der Waals surface area contributed by atoms with E-state index in [2.05, 4.69) is 15.3 Å². The van der Waals surface area contributed by atoms with Gasteiger partial charge in [-0.2, -0.15) is 18.4 Å². The van der Waals surface area contributed by atoms with Crippen molar-refractivity contribution in [3.8, 4) is 17.5 Å². The Labute approximate surface area is 229 Å². The van der Waals surface area contributed by atoms with E-state index in [0.717, 1.165) is 17.2 Å². The Morgan fingerprint density at radius 3 is 2.15 bits per heavy atom. The Bertz CT molecular complexity index is 1620. The molecule has 13 heteroatoms. The number of aromatic nitrogens is 2. The first-order chi connectivity index (χ1) is 19.3. The minimum absolute atomic E-state index is 0.0130. The molecule has 0 aliphatic carbocycles. The van der Waals surface area contributed by atoms with E-state index in [9.17, 15) is 13.2 Å². The van der Waals surface area contributed by atoms with Gasteiger partial charge in [-0.15, -0.1) is 0 Å². The quantitative estimate of drug-likeness (QED) is 0.295. The van der Waals surface area contributed by atoms with Crippen molar-refractivity contribution in [1.82, 2.24) is 14.7 Å². The number of hydrogen-bond donors (Lipinski definition) is 2. The maximum atomic E-state index is 15.5. The van der Waals surface area contributed by atoms with Gasteiger partial charge in [0.2, 0.25) is 17.7 Å². The second kappa shape index (κ2) is 11.5. The van der Waals surface area contributed by atoms with Gasteiger partial charge in [0.05, 0.1) is 13.2 Å². The number of halogens is 1. The van der Waals surface area contributed by atoms with Crippen LogP contribution in [0.25, 0.3) is 0 Å². The molecule has 0 spiro atoms. The van der Waals surface area contributed by atoms with Crippen molar-refractivity contribution in [2.45, 2.75) is 13.2 Å². The number of rotatable bonds is 10. The minimum Gasteiger partial charge on any atom is -0.487 e. The maximum absolute atomic E-state index is 15.5. The standard InChI is InChI=1S/C27H24FN5O6S/c1-37-24-14-25(39-17-19-10-6-3-7-11-19)31-27(30-24)29-20-12-21(28)26(33-15-23(34)32-40(33,35)36)22(13-20)38-16-18-8-4-2-5-9-18/h2-14H,15-17H2,1H3,(H,32,34)(H,29,30,31). The van der Waals surface area contributed by atoms with E-state index >= 15 is 4.39 Å². The number of anilines is 3. The normalized spacial score (nSPS) is 13.9. The molecule has 2 N–H and O–H groups in total. The van der Waals surface area contributed by atoms with Crippen molar-refractivity contribution < 1.29 is 31.8 Å². The van der Waals surface area contributed by atoms with Gasteiger partial charge in [-0.3, -0.25) is 4.79 Å². The summed E-state index contributed by atoms with van der Waals surface area (Å²) in [5.74, 6) is -1.40. The van der Waals surface area contributed by atoms with Gasteiger partial charge in [-0.1, -0.05) is 60.7 Å². The summed E-state index contributed by atoms with van der Waals surface area (Å²) in [7, 11) is -2.86. The Morgan fingerprint density at radius 2 is 1.55 bits per heavy atom. The molecule has 1 saturated heterocycles. The molecule has 1 aliphatic rings. The molecular formula is C27H24FN5O6S. The number of hydrogen-bond acceptors (Lipinski definition) is 9. The molecule has 5 rings (SSSR count). The van der Waals surface area contributed by atoms with E-state index in [1.807, 2.05) is 53.3 Å². The van der Waals surface area contributed by atoms with Gasteiger partial charge < -0.3 is 19.5 Å². The van der Waals surface area contributed by atoms with E-state index in [1.54, 1.807) is 12.1 Å². The molecule has 11 nitrogen and oxygen atoms in total. The van der Waals surface area contributed by atoms with Gasteiger partial charge >= 0.3 is 10.2 Å². The van der Waals surface area contributed by atoms with Crippen molar-refractivity contribution in [1.29, 1.82) is 0 Å². The van der Waals surface area contributed by atoms with Crippen molar-refractivity contribution in [3.05, 3.63) is 95.8 Å². The third-order valence-corrected chi connectivity index (χ3v) is 7.09. The fourth-order valence-electron chi connectivity index (χ4n) is 3.88. The predicted molar refractivity (Wildman–Crippen MR) is 144 cm³/mol. The highest BCUT2D eigenvalue weighted by Crippen LogP contribution is 2.38. The van der Waals surface area contributed by atoms with Crippen LogP contribution in [0, 0.1) is 5.82 Å². The van der Waals surface area contributed by atoms with Crippen molar-refractivity contribution >= 4 is 33.4 Å². The molecule has 2 heterocycles. The summed E-state index contributed by atoms with van der Waals surface area (Å²) in [6.07, 6.45) is 0. The number of amides is 1. The van der Waals surface area contributed by atoms with Crippen LogP contribution in [0.5, 0.6) is 17.5 Å². The first kappa shape index (κ1) is 26.7. The highest BCUT2D eigenvalue weighted by molar-refractivity contribution is 7.92. The third kappa shape index (κ3) is 6.21. The number of carbonyl (C=O) groups excluding carboxylic acids is 1. The van der Waals surface area contributed by atoms with Crippen LogP contribution in [-0.2, 0) is 28.2 Å². The first-order valence-corrected chi connectivity index (χ1v) is 13.4. The van der Waals surface area contributed by atoms with Crippen molar-refractivity contribution in [2.24, 2.45) is 0 Å². The SMILES string of the molecule is COc1cc(OCc2ccccc2)nc(Nc2cc(F)c(N3CC(=O)NS3(=O)=O)c(OCc3ccccc3)c2)n1. The average Bonchev–Trinajstić information content (AvgIpc) is 3.22. The second-order valence-electron chi connectivity index (χ2n) is 8.59. The van der Waals surface area contributed by atoms with E-state index < -0.39 is 34.2 Å². The molecule has 0 unspecified atom stereocenters. The van der Waals surface area contributed by atoms with Gasteiger partial charge in [0.1, 0.15) is 31.2 Å². The molecule has 0 atom stereocenters. The van der Waals surface area contributed by atoms with E-state index in [-0.39, 0.29) is 42.4 Å². The van der Waals surface area contributed by atoms with Gasteiger partial charge in [0.25, 0.3) is 5.91 Å². The van der Waals surface area contributed by atoms with Gasteiger partial charge in [0, 0.05) is 11.8 Å². The lowest BCUT2D eigenvalue weighted by Crippen LogP contribution is -2.30. The smallest absolute Gasteiger partial charge is 0.326 e. The largest absolute Gasteiger partial charge is 0.487 e. The molecule has 40 heavy (non-hydrogen) atoms. The van der Waals surface area contributed by atoms with E-state index in [0.29, 0.717) is 4.31 Å². The summed E-state index contributed by atoms with van der Waals surface area (Å²) >= 11 is 0. The summed E-state index contributed by atoms with van der Waals surface area (Å²) < 4.78 is 59.9. The molecule has 1 amide bonds. The molecule has 0 bridgehead atoms. The monoisotopic (exact) mass is 565 g/mol. The first-order valence-electron chi connectivity index (χ1n) is 12.0. The Balaban J connectivity index is 1.45. The number of nitrogens with zero attached hydrogens (tertiary/aromatic N) is 3. The molecule has 0 saturated carbocycles. The molecule has 206 valence electrons. The summed E-state index contributed by atoms with van der Waals surface area (Å²) in [5.41, 5.74) is 1.44. The number of nitrogens with one attached hydrogen (secondary N) is 2. The summed E-state index contributed by atoms with van der Waals surface area (Å²) in [5, 5.41) is 2.89. The Kier molecular flexibility index (Phi) is 7.64. The van der Waals surface area contributed by atoms with Gasteiger partial charge in [-0.25, -0.2) is 13.4 Å². The van der Waals surface area contributed by atoms with Crippen LogP contribution < -0.4 is 28.6 Å². The Hall–Kier alpha value is -4.91. The lowest BCUT2D eigenvalue weighted by molar-refractivity contribution is -0.117. The van der Waals surface area contributed by atoms with Crippen LogP contribution in [0.3, 0.4) is 0 Å². The lowest BCUT2D eigenvalue weighted by Gasteiger charge is -2.21. The predicted octanol–water partition coefficient (Wildman–Crippen LogP) is 3.71. The van der Waals surface area contributed by atoms with Crippen LogP contribution in [0.1, 0.15) is 11.1 Å². The van der Waals surface area contributed by atoms with E-state index in [1.165, 1.54) is 19.2 Å². The lowest BCUT2D eigenvalue weighted by atomic mass is 10.2. The molecule has 0 radical (unpaired) electrons. The van der Waals surface area contributed by atoms with Crippen LogP contribution in [0.15, 0.2) is 78.9 Å². The van der Waals surface area contributed by atoms with Crippen LogP contribution >= 0.6 is 0 Å². The number of ether oxygens (including phenoxy) is 3. The van der Waals surface area contributed by atoms with Crippen molar-refractivity contribution in [2.75, 3.05) is 23.3 Å². The van der Waals surface area contributed by atoms with Crippen LogP contribution in [-0.4, -0.2) is 37.9 Å². The average molecular weight is 566 g/mol. The molecule has 1 aromatic heterocycles. The van der Waals surface area contributed by atoms with Crippen LogP contribution in [0.4, 0.5) is 21.7 Å². The van der Waals surface area contributed by atoms with Gasteiger partial charge in [0.15, 0.2) is 5.82 Å². The number of methoxy groups -OCH3 is 1. The zero-order chi connectivity index (χ0) is 28.1. The molecule has 1 aliphatic heterocycles. The minimum atomic E-state index is -4.30. The zero-order valence-electron chi connectivity index (χ0n) is 21.2.